The molecule has 1 aliphatic heterocycles. The van der Waals surface area contributed by atoms with Crippen LogP contribution in [0.25, 0.3) is 0 Å². The predicted molar refractivity (Wildman–Crippen MR) is 74.2 cm³/mol. The highest BCUT2D eigenvalue weighted by molar-refractivity contribution is 5.69. The first-order valence-electron chi connectivity index (χ1n) is 7.19. The second-order valence-corrected chi connectivity index (χ2v) is 5.96. The van der Waals surface area contributed by atoms with E-state index in [1.807, 2.05) is 0 Å². The van der Waals surface area contributed by atoms with E-state index in [1.165, 1.54) is 29.5 Å². The molecule has 0 aromatic heterocycles. The Hall–Kier alpha value is -1.35. The van der Waals surface area contributed by atoms with Gasteiger partial charge in [-0.25, -0.2) is 0 Å². The standard InChI is InChI=1S/C16H21NO2/c1-12-4-5-13-6-7-16(11-15(18)19,14(13)10-12)17-8-2-3-9-17/h4-5,10H,2-3,6-9,11H2,1H3,(H,18,19). The third-order valence-electron chi connectivity index (χ3n) is 4.73. The maximum atomic E-state index is 11.4. The molecule has 0 saturated carbocycles. The van der Waals surface area contributed by atoms with Crippen molar-refractivity contribution in [2.45, 2.75) is 44.6 Å². The van der Waals surface area contributed by atoms with Crippen LogP contribution in [-0.4, -0.2) is 29.1 Å². The summed E-state index contributed by atoms with van der Waals surface area (Å²) in [5.41, 5.74) is 3.61. The molecule has 0 radical (unpaired) electrons. The number of likely N-dealkylation sites (tertiary alicyclic amines) is 1. The summed E-state index contributed by atoms with van der Waals surface area (Å²) < 4.78 is 0. The number of carbonyl (C=O) groups is 1. The summed E-state index contributed by atoms with van der Waals surface area (Å²) in [4.78, 5) is 13.8. The molecular weight excluding hydrogens is 238 g/mol. The molecule has 3 heteroatoms. The van der Waals surface area contributed by atoms with Crippen molar-refractivity contribution >= 4 is 5.97 Å². The van der Waals surface area contributed by atoms with Crippen molar-refractivity contribution in [3.63, 3.8) is 0 Å². The highest BCUT2D eigenvalue weighted by Gasteiger charge is 2.45. The Morgan fingerprint density at radius 1 is 1.37 bits per heavy atom. The molecule has 1 atom stereocenters. The SMILES string of the molecule is Cc1ccc2c(c1)C(CC(=O)O)(N1CCCC1)CC2. The van der Waals surface area contributed by atoms with Gasteiger partial charge >= 0.3 is 5.97 Å². The van der Waals surface area contributed by atoms with Crippen molar-refractivity contribution in [2.24, 2.45) is 0 Å². The van der Waals surface area contributed by atoms with Crippen molar-refractivity contribution in [1.29, 1.82) is 0 Å². The fourth-order valence-corrected chi connectivity index (χ4v) is 3.84. The van der Waals surface area contributed by atoms with Crippen LogP contribution in [0.1, 0.15) is 42.4 Å². The Balaban J connectivity index is 2.07. The summed E-state index contributed by atoms with van der Waals surface area (Å²) in [6, 6.07) is 6.54. The van der Waals surface area contributed by atoms with Gasteiger partial charge in [-0.15, -0.1) is 0 Å². The molecule has 0 amide bonds. The minimum Gasteiger partial charge on any atom is -0.481 e. The van der Waals surface area contributed by atoms with Crippen molar-refractivity contribution in [2.75, 3.05) is 13.1 Å². The van der Waals surface area contributed by atoms with Gasteiger partial charge in [0.05, 0.1) is 12.0 Å². The zero-order valence-corrected chi connectivity index (χ0v) is 11.5. The lowest BCUT2D eigenvalue weighted by Gasteiger charge is -2.39. The maximum Gasteiger partial charge on any atom is 0.305 e. The second kappa shape index (κ2) is 4.64. The molecule has 3 rings (SSSR count). The second-order valence-electron chi connectivity index (χ2n) is 5.96. The van der Waals surface area contributed by atoms with Crippen LogP contribution in [0.4, 0.5) is 0 Å². The van der Waals surface area contributed by atoms with Gasteiger partial charge in [0.15, 0.2) is 0 Å². The number of aliphatic carboxylic acids is 1. The van der Waals surface area contributed by atoms with Crippen LogP contribution in [0.3, 0.4) is 0 Å². The zero-order chi connectivity index (χ0) is 13.5. The average Bonchev–Trinajstić information content (AvgIpc) is 2.98. The molecule has 1 aliphatic carbocycles. The minimum atomic E-state index is -0.679. The van der Waals surface area contributed by atoms with E-state index in [0.717, 1.165) is 25.9 Å². The Kier molecular flexibility index (Phi) is 3.09. The van der Waals surface area contributed by atoms with Gasteiger partial charge in [0, 0.05) is 0 Å². The monoisotopic (exact) mass is 259 g/mol. The largest absolute Gasteiger partial charge is 0.481 e. The maximum absolute atomic E-state index is 11.4. The van der Waals surface area contributed by atoms with Crippen molar-refractivity contribution < 1.29 is 9.90 Å². The highest BCUT2D eigenvalue weighted by atomic mass is 16.4. The van der Waals surface area contributed by atoms with E-state index in [0.29, 0.717) is 0 Å². The van der Waals surface area contributed by atoms with Crippen LogP contribution in [0.5, 0.6) is 0 Å². The molecule has 1 N–H and O–H groups in total. The first-order valence-corrected chi connectivity index (χ1v) is 7.19. The third kappa shape index (κ3) is 2.06. The number of rotatable bonds is 3. The summed E-state index contributed by atoms with van der Waals surface area (Å²) in [5, 5.41) is 9.37. The summed E-state index contributed by atoms with van der Waals surface area (Å²) in [5.74, 6) is -0.679. The van der Waals surface area contributed by atoms with E-state index in [4.69, 9.17) is 0 Å². The Labute approximate surface area is 114 Å². The van der Waals surface area contributed by atoms with Gasteiger partial charge in [0.2, 0.25) is 0 Å². The van der Waals surface area contributed by atoms with E-state index in [2.05, 4.69) is 30.0 Å². The molecule has 102 valence electrons. The number of carboxylic acid groups (broad SMARTS) is 1. The first-order chi connectivity index (χ1) is 9.12. The lowest BCUT2D eigenvalue weighted by Crippen LogP contribution is -2.44. The van der Waals surface area contributed by atoms with Crippen LogP contribution < -0.4 is 0 Å². The molecule has 2 aliphatic rings. The van der Waals surface area contributed by atoms with Crippen LogP contribution in [0, 0.1) is 6.92 Å². The first kappa shape index (κ1) is 12.7. The molecule has 19 heavy (non-hydrogen) atoms. The lowest BCUT2D eigenvalue weighted by atomic mass is 9.85. The molecule has 0 spiro atoms. The number of carboxylic acids is 1. The van der Waals surface area contributed by atoms with E-state index >= 15 is 0 Å². The van der Waals surface area contributed by atoms with Gasteiger partial charge in [0.25, 0.3) is 0 Å². The number of benzene rings is 1. The Morgan fingerprint density at radius 3 is 2.79 bits per heavy atom. The fraction of sp³-hybridized carbons (Fsp3) is 0.562. The third-order valence-corrected chi connectivity index (χ3v) is 4.73. The fourth-order valence-electron chi connectivity index (χ4n) is 3.84. The topological polar surface area (TPSA) is 40.5 Å². The highest BCUT2D eigenvalue weighted by Crippen LogP contribution is 2.46. The van der Waals surface area contributed by atoms with E-state index < -0.39 is 5.97 Å². The molecule has 0 bridgehead atoms. The average molecular weight is 259 g/mol. The van der Waals surface area contributed by atoms with Gasteiger partial charge in [-0.1, -0.05) is 23.8 Å². The molecule has 1 heterocycles. The molecule has 1 unspecified atom stereocenters. The number of nitrogens with zero attached hydrogens (tertiary/aromatic N) is 1. The van der Waals surface area contributed by atoms with Crippen LogP contribution in [-0.2, 0) is 16.8 Å². The molecule has 1 fully saturated rings. The van der Waals surface area contributed by atoms with Crippen LogP contribution in [0.15, 0.2) is 18.2 Å². The van der Waals surface area contributed by atoms with Crippen LogP contribution in [0.2, 0.25) is 0 Å². The molecule has 1 aromatic rings. The summed E-state index contributed by atoms with van der Waals surface area (Å²) in [6.07, 6.45) is 4.60. The summed E-state index contributed by atoms with van der Waals surface area (Å²) in [6.45, 7) is 4.18. The molecule has 1 aromatic carbocycles. The molecule has 1 saturated heterocycles. The number of aryl methyl sites for hydroxylation is 2. The summed E-state index contributed by atoms with van der Waals surface area (Å²) >= 11 is 0. The van der Waals surface area contributed by atoms with Crippen molar-refractivity contribution in [1.82, 2.24) is 4.90 Å². The molecular formula is C16H21NO2. The number of hydrogen-bond donors (Lipinski definition) is 1. The number of hydrogen-bond acceptors (Lipinski definition) is 2. The summed E-state index contributed by atoms with van der Waals surface area (Å²) in [7, 11) is 0. The number of fused-ring (bicyclic) bond motifs is 1. The van der Waals surface area contributed by atoms with Crippen molar-refractivity contribution in [3.8, 4) is 0 Å². The smallest absolute Gasteiger partial charge is 0.305 e. The normalized spacial score (nSPS) is 26.6. The van der Waals surface area contributed by atoms with Gasteiger partial charge in [-0.2, -0.15) is 0 Å². The van der Waals surface area contributed by atoms with E-state index in [-0.39, 0.29) is 12.0 Å². The Morgan fingerprint density at radius 2 is 2.11 bits per heavy atom. The predicted octanol–water partition coefficient (Wildman–Crippen LogP) is 2.71. The van der Waals surface area contributed by atoms with Gasteiger partial charge in [-0.3, -0.25) is 9.69 Å². The van der Waals surface area contributed by atoms with Gasteiger partial charge < -0.3 is 5.11 Å². The lowest BCUT2D eigenvalue weighted by molar-refractivity contribution is -0.140. The van der Waals surface area contributed by atoms with Gasteiger partial charge in [0.1, 0.15) is 0 Å². The Bertz CT molecular complexity index is 505. The zero-order valence-electron chi connectivity index (χ0n) is 11.5. The van der Waals surface area contributed by atoms with E-state index in [1.54, 1.807) is 0 Å². The van der Waals surface area contributed by atoms with Gasteiger partial charge in [-0.05, 0) is 56.8 Å². The minimum absolute atomic E-state index is 0.240. The van der Waals surface area contributed by atoms with Crippen molar-refractivity contribution in [3.05, 3.63) is 34.9 Å². The van der Waals surface area contributed by atoms with E-state index in [9.17, 15) is 9.90 Å². The molecule has 3 nitrogen and oxygen atoms in total. The van der Waals surface area contributed by atoms with Crippen LogP contribution >= 0.6 is 0 Å². The quantitative estimate of drug-likeness (QED) is 0.907.